The number of hydrogen-bond acceptors (Lipinski definition) is 5. The van der Waals surface area contributed by atoms with Crippen molar-refractivity contribution >= 4 is 5.91 Å². The number of ether oxygens (including phenoxy) is 3. The molecule has 0 unspecified atom stereocenters. The SMILES string of the molecule is CCCCCNC(=O)CCCOc1ccc(C(O)(c2ccc(OC)cc2)c2ccc(OC)cc2)cc1. The van der Waals surface area contributed by atoms with Crippen LogP contribution >= 0.6 is 0 Å². The fraction of sp³-hybridized carbons (Fsp3) is 0.367. The maximum Gasteiger partial charge on any atom is 0.220 e. The normalized spacial score (nSPS) is 11.1. The van der Waals surface area contributed by atoms with E-state index >= 15 is 0 Å². The van der Waals surface area contributed by atoms with Crippen LogP contribution in [0.5, 0.6) is 17.2 Å². The molecule has 6 heteroatoms. The molecule has 0 aliphatic heterocycles. The number of rotatable bonds is 14. The fourth-order valence-corrected chi connectivity index (χ4v) is 4.07. The molecule has 2 N–H and O–H groups in total. The van der Waals surface area contributed by atoms with Gasteiger partial charge in [0.1, 0.15) is 22.8 Å². The van der Waals surface area contributed by atoms with Crippen molar-refractivity contribution < 1.29 is 24.1 Å². The first-order valence-corrected chi connectivity index (χ1v) is 12.5. The summed E-state index contributed by atoms with van der Waals surface area (Å²) in [5.41, 5.74) is 0.753. The van der Waals surface area contributed by atoms with Crippen molar-refractivity contribution in [3.63, 3.8) is 0 Å². The van der Waals surface area contributed by atoms with Gasteiger partial charge in [-0.1, -0.05) is 56.2 Å². The van der Waals surface area contributed by atoms with E-state index in [2.05, 4.69) is 12.2 Å². The fourth-order valence-electron chi connectivity index (χ4n) is 4.07. The molecular weight excluding hydrogens is 454 g/mol. The van der Waals surface area contributed by atoms with Crippen LogP contribution in [0, 0.1) is 0 Å². The summed E-state index contributed by atoms with van der Waals surface area (Å²) in [5, 5.41) is 15.0. The van der Waals surface area contributed by atoms with Gasteiger partial charge in [-0.2, -0.15) is 0 Å². The smallest absolute Gasteiger partial charge is 0.220 e. The molecule has 6 nitrogen and oxygen atoms in total. The molecule has 0 fully saturated rings. The summed E-state index contributed by atoms with van der Waals surface area (Å²) in [6, 6.07) is 22.2. The Labute approximate surface area is 214 Å². The highest BCUT2D eigenvalue weighted by atomic mass is 16.5. The van der Waals surface area contributed by atoms with E-state index in [1.165, 1.54) is 0 Å². The molecule has 3 aromatic rings. The molecule has 1 amide bonds. The summed E-state index contributed by atoms with van der Waals surface area (Å²) >= 11 is 0. The molecule has 0 heterocycles. The Morgan fingerprint density at radius 3 is 1.67 bits per heavy atom. The molecule has 0 aromatic heterocycles. The van der Waals surface area contributed by atoms with E-state index in [0.717, 1.165) is 25.8 Å². The number of unbranched alkanes of at least 4 members (excludes halogenated alkanes) is 2. The van der Waals surface area contributed by atoms with E-state index in [1.807, 2.05) is 72.8 Å². The largest absolute Gasteiger partial charge is 0.497 e. The van der Waals surface area contributed by atoms with Gasteiger partial charge in [-0.3, -0.25) is 4.79 Å². The molecule has 0 bridgehead atoms. The van der Waals surface area contributed by atoms with E-state index < -0.39 is 5.60 Å². The maximum atomic E-state index is 12.1. The summed E-state index contributed by atoms with van der Waals surface area (Å²) in [7, 11) is 3.23. The van der Waals surface area contributed by atoms with Crippen LogP contribution in [0.3, 0.4) is 0 Å². The lowest BCUT2D eigenvalue weighted by Gasteiger charge is -2.30. The molecule has 0 atom stereocenters. The average molecular weight is 492 g/mol. The molecular formula is C30H37NO5. The predicted molar refractivity (Wildman–Crippen MR) is 142 cm³/mol. The van der Waals surface area contributed by atoms with Gasteiger partial charge in [0.25, 0.3) is 0 Å². The molecule has 0 saturated carbocycles. The molecule has 0 spiro atoms. The van der Waals surface area contributed by atoms with Crippen molar-refractivity contribution in [2.24, 2.45) is 0 Å². The number of amides is 1. The van der Waals surface area contributed by atoms with Gasteiger partial charge < -0.3 is 24.6 Å². The average Bonchev–Trinajstić information content (AvgIpc) is 2.93. The van der Waals surface area contributed by atoms with Crippen LogP contribution in [-0.4, -0.2) is 38.4 Å². The summed E-state index contributed by atoms with van der Waals surface area (Å²) in [4.78, 5) is 11.9. The molecule has 0 saturated heterocycles. The Bertz CT molecular complexity index is 1010. The standard InChI is InChI=1S/C30H37NO5/c1-4-5-6-21-31-29(32)8-7-22-36-28-19-13-25(14-20-28)30(33,23-9-15-26(34-2)16-10-23)24-11-17-27(35-3)18-12-24/h9-20,33H,4-8,21-22H2,1-3H3,(H,31,32). The molecule has 192 valence electrons. The van der Waals surface area contributed by atoms with Gasteiger partial charge in [0.05, 0.1) is 20.8 Å². The summed E-state index contributed by atoms with van der Waals surface area (Å²) in [6.45, 7) is 3.33. The lowest BCUT2D eigenvalue weighted by molar-refractivity contribution is -0.121. The Morgan fingerprint density at radius 1 is 0.750 bits per heavy atom. The number of methoxy groups -OCH3 is 2. The van der Waals surface area contributed by atoms with Crippen molar-refractivity contribution in [3.8, 4) is 17.2 Å². The second-order valence-corrected chi connectivity index (χ2v) is 8.70. The van der Waals surface area contributed by atoms with Crippen molar-refractivity contribution in [3.05, 3.63) is 89.5 Å². The lowest BCUT2D eigenvalue weighted by Crippen LogP contribution is -2.28. The summed E-state index contributed by atoms with van der Waals surface area (Å²) in [6.07, 6.45) is 4.37. The lowest BCUT2D eigenvalue weighted by atomic mass is 9.80. The molecule has 3 aromatic carbocycles. The van der Waals surface area contributed by atoms with E-state index in [0.29, 0.717) is 53.4 Å². The van der Waals surface area contributed by atoms with Gasteiger partial charge in [0.2, 0.25) is 5.91 Å². The Hall–Kier alpha value is -3.51. The zero-order valence-corrected chi connectivity index (χ0v) is 21.5. The third-order valence-corrected chi connectivity index (χ3v) is 6.21. The third kappa shape index (κ3) is 7.01. The number of aliphatic hydroxyl groups is 1. The van der Waals surface area contributed by atoms with E-state index in [9.17, 15) is 9.90 Å². The van der Waals surface area contributed by atoms with Crippen LogP contribution in [-0.2, 0) is 10.4 Å². The number of hydrogen-bond donors (Lipinski definition) is 2. The van der Waals surface area contributed by atoms with Crippen LogP contribution in [0.2, 0.25) is 0 Å². The highest BCUT2D eigenvalue weighted by Crippen LogP contribution is 2.38. The summed E-state index contributed by atoms with van der Waals surface area (Å²) < 4.78 is 16.4. The van der Waals surface area contributed by atoms with Crippen molar-refractivity contribution in [2.75, 3.05) is 27.4 Å². The van der Waals surface area contributed by atoms with Crippen LogP contribution < -0.4 is 19.5 Å². The molecule has 0 aliphatic carbocycles. The van der Waals surface area contributed by atoms with Gasteiger partial charge in [-0.05, 0) is 65.9 Å². The van der Waals surface area contributed by atoms with Crippen LogP contribution in [0.1, 0.15) is 55.7 Å². The number of carbonyl (C=O) groups is 1. The maximum absolute atomic E-state index is 12.1. The number of nitrogens with one attached hydrogen (secondary N) is 1. The third-order valence-electron chi connectivity index (χ3n) is 6.21. The molecule has 36 heavy (non-hydrogen) atoms. The molecule has 0 radical (unpaired) electrons. The van der Waals surface area contributed by atoms with Crippen LogP contribution in [0.25, 0.3) is 0 Å². The zero-order chi connectivity index (χ0) is 25.8. The Kier molecular flexibility index (Phi) is 10.2. The minimum absolute atomic E-state index is 0.0640. The first-order valence-electron chi connectivity index (χ1n) is 12.5. The second-order valence-electron chi connectivity index (χ2n) is 8.70. The predicted octanol–water partition coefficient (Wildman–Crippen LogP) is 5.45. The monoisotopic (exact) mass is 491 g/mol. The topological polar surface area (TPSA) is 77.0 Å². The van der Waals surface area contributed by atoms with Gasteiger partial charge in [-0.25, -0.2) is 0 Å². The van der Waals surface area contributed by atoms with Crippen molar-refractivity contribution in [1.82, 2.24) is 5.32 Å². The highest BCUT2D eigenvalue weighted by molar-refractivity contribution is 5.75. The Morgan fingerprint density at radius 2 is 1.22 bits per heavy atom. The zero-order valence-electron chi connectivity index (χ0n) is 21.5. The minimum Gasteiger partial charge on any atom is -0.497 e. The number of carbonyl (C=O) groups excluding carboxylic acids is 1. The summed E-state index contributed by atoms with van der Waals surface area (Å²) in [5.74, 6) is 2.19. The second kappa shape index (κ2) is 13.5. The van der Waals surface area contributed by atoms with Gasteiger partial charge in [0, 0.05) is 13.0 Å². The Balaban J connectivity index is 1.69. The number of benzene rings is 3. The molecule has 3 rings (SSSR count). The van der Waals surface area contributed by atoms with Crippen molar-refractivity contribution in [2.45, 2.75) is 44.6 Å². The van der Waals surface area contributed by atoms with Crippen LogP contribution in [0.4, 0.5) is 0 Å². The van der Waals surface area contributed by atoms with E-state index in [1.54, 1.807) is 14.2 Å². The van der Waals surface area contributed by atoms with E-state index in [4.69, 9.17) is 14.2 Å². The molecule has 0 aliphatic rings. The minimum atomic E-state index is -1.38. The quantitative estimate of drug-likeness (QED) is 0.232. The highest BCUT2D eigenvalue weighted by Gasteiger charge is 2.34. The van der Waals surface area contributed by atoms with E-state index in [-0.39, 0.29) is 5.91 Å². The first-order chi connectivity index (χ1) is 17.5. The van der Waals surface area contributed by atoms with Gasteiger partial charge in [-0.15, -0.1) is 0 Å². The first kappa shape index (κ1) is 27.1. The van der Waals surface area contributed by atoms with Crippen molar-refractivity contribution in [1.29, 1.82) is 0 Å². The van der Waals surface area contributed by atoms with Gasteiger partial charge in [0.15, 0.2) is 0 Å². The van der Waals surface area contributed by atoms with Crippen LogP contribution in [0.15, 0.2) is 72.8 Å². The van der Waals surface area contributed by atoms with Gasteiger partial charge >= 0.3 is 0 Å².